The van der Waals surface area contributed by atoms with Gasteiger partial charge >= 0.3 is 0 Å². The molecule has 0 aromatic carbocycles. The van der Waals surface area contributed by atoms with Crippen LogP contribution in [0.5, 0.6) is 0 Å². The van der Waals surface area contributed by atoms with Crippen LogP contribution in [0.15, 0.2) is 0 Å². The lowest BCUT2D eigenvalue weighted by atomic mass is 9.80. The second-order valence-corrected chi connectivity index (χ2v) is 8.23. The van der Waals surface area contributed by atoms with Crippen molar-refractivity contribution in [3.05, 3.63) is 0 Å². The third-order valence-electron chi connectivity index (χ3n) is 4.06. The Kier molecular flexibility index (Phi) is 8.11. The van der Waals surface area contributed by atoms with Crippen LogP contribution in [0.2, 0.25) is 0 Å². The highest BCUT2D eigenvalue weighted by Gasteiger charge is 2.28. The highest BCUT2D eigenvalue weighted by molar-refractivity contribution is 7.91. The molecule has 0 radical (unpaired) electrons. The maximum atomic E-state index is 11.9. The zero-order valence-corrected chi connectivity index (χ0v) is 13.6. The van der Waals surface area contributed by atoms with Crippen LogP contribution in [-0.2, 0) is 9.84 Å². The number of hydrogen-bond donors (Lipinski definition) is 1. The summed E-state index contributed by atoms with van der Waals surface area (Å²) in [6, 6.07) is 0. The molecule has 0 aliphatic carbocycles. The molecule has 1 N–H and O–H groups in total. The van der Waals surface area contributed by atoms with Gasteiger partial charge in [0.2, 0.25) is 0 Å². The minimum absolute atomic E-state index is 0.136. The molecule has 0 heterocycles. The van der Waals surface area contributed by atoms with Gasteiger partial charge in [0.1, 0.15) is 0 Å². The summed E-state index contributed by atoms with van der Waals surface area (Å²) in [5, 5.41) is 3.19. The van der Waals surface area contributed by atoms with Crippen molar-refractivity contribution in [2.45, 2.75) is 65.6 Å². The Morgan fingerprint density at radius 3 is 2.06 bits per heavy atom. The van der Waals surface area contributed by atoms with Crippen LogP contribution in [-0.4, -0.2) is 32.5 Å². The Morgan fingerprint density at radius 2 is 1.67 bits per heavy atom. The summed E-state index contributed by atoms with van der Waals surface area (Å²) in [6.45, 7) is 12.0. The Labute approximate surface area is 114 Å². The highest BCUT2D eigenvalue weighted by atomic mass is 32.2. The lowest BCUT2D eigenvalue weighted by Crippen LogP contribution is -2.36. The summed E-state index contributed by atoms with van der Waals surface area (Å²) in [6.07, 6.45) is 3.96. The van der Waals surface area contributed by atoms with Crippen LogP contribution in [0.25, 0.3) is 0 Å². The topological polar surface area (TPSA) is 46.2 Å². The normalized spacial score (nSPS) is 13.2. The Balaban J connectivity index is 4.52. The van der Waals surface area contributed by atoms with Gasteiger partial charge in [0.05, 0.1) is 11.0 Å². The van der Waals surface area contributed by atoms with E-state index < -0.39 is 9.84 Å². The van der Waals surface area contributed by atoms with E-state index in [0.29, 0.717) is 5.75 Å². The molecule has 4 heteroatoms. The molecule has 0 aromatic rings. The molecule has 0 fully saturated rings. The van der Waals surface area contributed by atoms with Gasteiger partial charge in [-0.3, -0.25) is 0 Å². The third kappa shape index (κ3) is 5.70. The first-order valence-electron chi connectivity index (χ1n) is 7.26. The van der Waals surface area contributed by atoms with E-state index >= 15 is 0 Å². The average molecular weight is 277 g/mol. The van der Waals surface area contributed by atoms with Gasteiger partial charge in [-0.2, -0.15) is 0 Å². The van der Waals surface area contributed by atoms with Gasteiger partial charge in [-0.15, -0.1) is 0 Å². The fraction of sp³-hybridized carbons (Fsp3) is 1.00. The van der Waals surface area contributed by atoms with E-state index in [0.717, 1.165) is 38.8 Å². The van der Waals surface area contributed by atoms with Crippen molar-refractivity contribution in [2.24, 2.45) is 5.41 Å². The first-order valence-corrected chi connectivity index (χ1v) is 8.97. The fourth-order valence-corrected chi connectivity index (χ4v) is 3.26. The van der Waals surface area contributed by atoms with Crippen molar-refractivity contribution >= 4 is 9.84 Å². The van der Waals surface area contributed by atoms with E-state index in [2.05, 4.69) is 26.1 Å². The standard InChI is InChI=1S/C14H31NO2S/c1-6-10-15-12-14(7-2,8-3)9-11-18(16,17)13(4)5/h13,15H,6-12H2,1-5H3. The van der Waals surface area contributed by atoms with Gasteiger partial charge in [0.25, 0.3) is 0 Å². The van der Waals surface area contributed by atoms with Gasteiger partial charge in [-0.05, 0) is 51.5 Å². The maximum Gasteiger partial charge on any atom is 0.152 e. The number of nitrogens with one attached hydrogen (secondary N) is 1. The van der Waals surface area contributed by atoms with E-state index in [-0.39, 0.29) is 10.7 Å². The first-order chi connectivity index (χ1) is 8.33. The highest BCUT2D eigenvalue weighted by Crippen LogP contribution is 2.30. The van der Waals surface area contributed by atoms with Crippen LogP contribution in [0.1, 0.15) is 60.3 Å². The van der Waals surface area contributed by atoms with Gasteiger partial charge in [0.15, 0.2) is 9.84 Å². The number of sulfone groups is 1. The van der Waals surface area contributed by atoms with E-state index in [1.54, 1.807) is 13.8 Å². The molecule has 0 aliphatic rings. The Bertz CT molecular complexity index is 306. The molecule has 0 saturated heterocycles. The zero-order valence-electron chi connectivity index (χ0n) is 12.8. The predicted molar refractivity (Wildman–Crippen MR) is 79.7 cm³/mol. The second-order valence-electron chi connectivity index (χ2n) is 5.55. The molecular weight excluding hydrogens is 246 g/mol. The fourth-order valence-electron chi connectivity index (χ4n) is 2.07. The van der Waals surface area contributed by atoms with E-state index in [4.69, 9.17) is 0 Å². The van der Waals surface area contributed by atoms with Crippen molar-refractivity contribution in [2.75, 3.05) is 18.8 Å². The van der Waals surface area contributed by atoms with Crippen molar-refractivity contribution < 1.29 is 8.42 Å². The Morgan fingerprint density at radius 1 is 1.11 bits per heavy atom. The molecule has 0 atom stereocenters. The average Bonchev–Trinajstić information content (AvgIpc) is 2.34. The molecule has 0 saturated carbocycles. The molecule has 0 bridgehead atoms. The zero-order chi connectivity index (χ0) is 14.2. The summed E-state index contributed by atoms with van der Waals surface area (Å²) in [4.78, 5) is 0. The van der Waals surface area contributed by atoms with E-state index in [9.17, 15) is 8.42 Å². The van der Waals surface area contributed by atoms with Crippen LogP contribution in [0.4, 0.5) is 0 Å². The first kappa shape index (κ1) is 17.9. The number of rotatable bonds is 10. The van der Waals surface area contributed by atoms with Crippen LogP contribution >= 0.6 is 0 Å². The lowest BCUT2D eigenvalue weighted by Gasteiger charge is -2.32. The summed E-state index contributed by atoms with van der Waals surface area (Å²) in [5.74, 6) is 0.320. The third-order valence-corrected chi connectivity index (χ3v) is 6.27. The van der Waals surface area contributed by atoms with Gasteiger partial charge in [0, 0.05) is 6.54 Å². The lowest BCUT2D eigenvalue weighted by molar-refractivity contribution is 0.239. The molecule has 0 rings (SSSR count). The van der Waals surface area contributed by atoms with Crippen molar-refractivity contribution in [1.29, 1.82) is 0 Å². The molecule has 0 amide bonds. The summed E-state index contributed by atoms with van der Waals surface area (Å²) in [5.41, 5.74) is 0.136. The van der Waals surface area contributed by atoms with Gasteiger partial charge in [-0.25, -0.2) is 8.42 Å². The molecule has 0 aromatic heterocycles. The smallest absolute Gasteiger partial charge is 0.152 e. The largest absolute Gasteiger partial charge is 0.316 e. The van der Waals surface area contributed by atoms with Gasteiger partial charge < -0.3 is 5.32 Å². The van der Waals surface area contributed by atoms with E-state index in [1.165, 1.54) is 0 Å². The molecule has 110 valence electrons. The summed E-state index contributed by atoms with van der Waals surface area (Å²) < 4.78 is 23.8. The molecule has 0 aliphatic heterocycles. The minimum Gasteiger partial charge on any atom is -0.316 e. The quantitative estimate of drug-likeness (QED) is 0.624. The Hall–Kier alpha value is -0.0900. The van der Waals surface area contributed by atoms with Gasteiger partial charge in [-0.1, -0.05) is 20.8 Å². The molecule has 18 heavy (non-hydrogen) atoms. The van der Waals surface area contributed by atoms with Crippen LogP contribution in [0, 0.1) is 5.41 Å². The minimum atomic E-state index is -2.91. The predicted octanol–water partition coefficient (Wildman–Crippen LogP) is 3.01. The number of hydrogen-bond acceptors (Lipinski definition) is 3. The van der Waals surface area contributed by atoms with Crippen LogP contribution < -0.4 is 5.32 Å². The molecule has 0 unspecified atom stereocenters. The molecular formula is C14H31NO2S. The van der Waals surface area contributed by atoms with Crippen LogP contribution in [0.3, 0.4) is 0 Å². The van der Waals surface area contributed by atoms with E-state index in [1.807, 2.05) is 0 Å². The monoisotopic (exact) mass is 277 g/mol. The molecule has 0 spiro atoms. The molecule has 3 nitrogen and oxygen atoms in total. The summed E-state index contributed by atoms with van der Waals surface area (Å²) in [7, 11) is -2.91. The van der Waals surface area contributed by atoms with Crippen molar-refractivity contribution in [1.82, 2.24) is 5.32 Å². The SMILES string of the molecule is CCCNCC(CC)(CC)CCS(=O)(=O)C(C)C. The van der Waals surface area contributed by atoms with Crippen molar-refractivity contribution in [3.63, 3.8) is 0 Å². The second kappa shape index (κ2) is 8.16. The van der Waals surface area contributed by atoms with Crippen molar-refractivity contribution in [3.8, 4) is 0 Å². The maximum absolute atomic E-state index is 11.9. The summed E-state index contributed by atoms with van der Waals surface area (Å²) >= 11 is 0.